The van der Waals surface area contributed by atoms with Gasteiger partial charge in [-0.1, -0.05) is 22.9 Å². The lowest BCUT2D eigenvalue weighted by molar-refractivity contribution is -0.121. The van der Waals surface area contributed by atoms with E-state index in [1.165, 1.54) is 19.2 Å². The SMILES string of the molecule is CCNCCNC(=O)CN(C)S(=O)(=O)c1ccc(Br)cc1.Cl. The van der Waals surface area contributed by atoms with Crippen molar-refractivity contribution in [3.8, 4) is 0 Å². The highest BCUT2D eigenvalue weighted by Gasteiger charge is 2.22. The summed E-state index contributed by atoms with van der Waals surface area (Å²) in [5.41, 5.74) is 0. The first-order chi connectivity index (χ1) is 9.87. The minimum Gasteiger partial charge on any atom is -0.354 e. The molecule has 0 aliphatic rings. The summed E-state index contributed by atoms with van der Waals surface area (Å²) in [6.07, 6.45) is 0. The van der Waals surface area contributed by atoms with Crippen molar-refractivity contribution in [3.63, 3.8) is 0 Å². The third-order valence-electron chi connectivity index (χ3n) is 2.76. The van der Waals surface area contributed by atoms with Crippen LogP contribution in [0, 0.1) is 0 Å². The molecule has 0 aliphatic heterocycles. The molecule has 1 aromatic rings. The number of hydrogen-bond donors (Lipinski definition) is 2. The Morgan fingerprint density at radius 3 is 2.36 bits per heavy atom. The van der Waals surface area contributed by atoms with Crippen LogP contribution in [0.5, 0.6) is 0 Å². The van der Waals surface area contributed by atoms with Gasteiger partial charge in [-0.05, 0) is 30.8 Å². The highest BCUT2D eigenvalue weighted by atomic mass is 79.9. The first kappa shape index (κ1) is 21.3. The number of likely N-dealkylation sites (N-methyl/N-ethyl adjacent to an activating group) is 2. The quantitative estimate of drug-likeness (QED) is 0.627. The predicted molar refractivity (Wildman–Crippen MR) is 92.8 cm³/mol. The van der Waals surface area contributed by atoms with Gasteiger partial charge in [0.2, 0.25) is 15.9 Å². The van der Waals surface area contributed by atoms with Gasteiger partial charge in [0.25, 0.3) is 0 Å². The molecule has 1 rings (SSSR count). The van der Waals surface area contributed by atoms with E-state index in [2.05, 4.69) is 26.6 Å². The minimum absolute atomic E-state index is 0. The van der Waals surface area contributed by atoms with Gasteiger partial charge in [0.05, 0.1) is 11.4 Å². The van der Waals surface area contributed by atoms with E-state index in [0.29, 0.717) is 13.1 Å². The molecule has 1 amide bonds. The predicted octanol–water partition coefficient (Wildman–Crippen LogP) is 1.22. The molecule has 0 heterocycles. The number of carbonyl (C=O) groups is 1. The number of hydrogen-bond acceptors (Lipinski definition) is 4. The maximum Gasteiger partial charge on any atom is 0.243 e. The van der Waals surface area contributed by atoms with Gasteiger partial charge in [-0.15, -0.1) is 12.4 Å². The summed E-state index contributed by atoms with van der Waals surface area (Å²) in [6, 6.07) is 6.30. The molecule has 22 heavy (non-hydrogen) atoms. The number of benzene rings is 1. The molecule has 1 aromatic carbocycles. The average Bonchev–Trinajstić information content (AvgIpc) is 2.44. The van der Waals surface area contributed by atoms with Gasteiger partial charge >= 0.3 is 0 Å². The maximum absolute atomic E-state index is 12.3. The van der Waals surface area contributed by atoms with E-state index in [-0.39, 0.29) is 29.8 Å². The zero-order valence-electron chi connectivity index (χ0n) is 12.5. The molecule has 0 radical (unpaired) electrons. The van der Waals surface area contributed by atoms with Gasteiger partial charge in [0.15, 0.2) is 0 Å². The van der Waals surface area contributed by atoms with Crippen LogP contribution in [0.1, 0.15) is 6.92 Å². The number of amides is 1. The van der Waals surface area contributed by atoms with Crippen LogP contribution in [-0.4, -0.2) is 51.9 Å². The molecule has 0 atom stereocenters. The summed E-state index contributed by atoms with van der Waals surface area (Å²) in [7, 11) is -2.26. The van der Waals surface area contributed by atoms with E-state index >= 15 is 0 Å². The monoisotopic (exact) mass is 413 g/mol. The molecule has 2 N–H and O–H groups in total. The second kappa shape index (κ2) is 10.2. The van der Waals surface area contributed by atoms with Crippen molar-refractivity contribution in [1.82, 2.24) is 14.9 Å². The summed E-state index contributed by atoms with van der Waals surface area (Å²) in [4.78, 5) is 11.9. The number of rotatable bonds is 8. The van der Waals surface area contributed by atoms with Crippen LogP contribution in [0.15, 0.2) is 33.6 Å². The summed E-state index contributed by atoms with van der Waals surface area (Å²) in [5.74, 6) is -0.323. The normalized spacial score (nSPS) is 11.1. The lowest BCUT2D eigenvalue weighted by atomic mass is 10.4. The van der Waals surface area contributed by atoms with Crippen molar-refractivity contribution >= 4 is 44.3 Å². The Hall–Kier alpha value is -0.670. The Morgan fingerprint density at radius 2 is 1.82 bits per heavy atom. The molecule has 0 spiro atoms. The summed E-state index contributed by atoms with van der Waals surface area (Å²) >= 11 is 3.25. The Balaban J connectivity index is 0.00000441. The molecule has 0 unspecified atom stereocenters. The first-order valence-electron chi connectivity index (χ1n) is 6.57. The van der Waals surface area contributed by atoms with E-state index in [1.807, 2.05) is 6.92 Å². The molecule has 9 heteroatoms. The highest BCUT2D eigenvalue weighted by molar-refractivity contribution is 9.10. The molecular formula is C13H21BrClN3O3S. The second-order valence-corrected chi connectivity index (χ2v) is 7.38. The van der Waals surface area contributed by atoms with Crippen LogP contribution in [0.25, 0.3) is 0 Å². The number of sulfonamides is 1. The van der Waals surface area contributed by atoms with Crippen LogP contribution >= 0.6 is 28.3 Å². The maximum atomic E-state index is 12.3. The molecule has 0 fully saturated rings. The molecule has 0 bridgehead atoms. The van der Waals surface area contributed by atoms with Gasteiger partial charge in [0, 0.05) is 24.6 Å². The van der Waals surface area contributed by atoms with Crippen molar-refractivity contribution in [2.45, 2.75) is 11.8 Å². The Kier molecular flexibility index (Phi) is 9.86. The van der Waals surface area contributed by atoms with Gasteiger partial charge < -0.3 is 10.6 Å². The smallest absolute Gasteiger partial charge is 0.243 e. The first-order valence-corrected chi connectivity index (χ1v) is 8.80. The van der Waals surface area contributed by atoms with Gasteiger partial charge in [-0.3, -0.25) is 4.79 Å². The molecule has 6 nitrogen and oxygen atoms in total. The van der Waals surface area contributed by atoms with Crippen molar-refractivity contribution < 1.29 is 13.2 Å². The zero-order valence-corrected chi connectivity index (χ0v) is 15.7. The lowest BCUT2D eigenvalue weighted by Gasteiger charge is -2.17. The van der Waals surface area contributed by atoms with Crippen molar-refractivity contribution in [2.75, 3.05) is 33.2 Å². The summed E-state index contributed by atoms with van der Waals surface area (Å²) in [5, 5.41) is 5.73. The largest absolute Gasteiger partial charge is 0.354 e. The van der Waals surface area contributed by atoms with Crippen LogP contribution in [-0.2, 0) is 14.8 Å². The highest BCUT2D eigenvalue weighted by Crippen LogP contribution is 2.17. The lowest BCUT2D eigenvalue weighted by Crippen LogP contribution is -2.40. The topological polar surface area (TPSA) is 78.5 Å². The van der Waals surface area contributed by atoms with Crippen molar-refractivity contribution in [3.05, 3.63) is 28.7 Å². The van der Waals surface area contributed by atoms with E-state index in [4.69, 9.17) is 0 Å². The number of nitrogens with one attached hydrogen (secondary N) is 2. The molecule has 0 aromatic heterocycles. The molecule has 0 saturated carbocycles. The number of carbonyl (C=O) groups excluding carboxylic acids is 1. The second-order valence-electron chi connectivity index (χ2n) is 4.42. The van der Waals surface area contributed by atoms with E-state index in [9.17, 15) is 13.2 Å². The molecular weight excluding hydrogens is 394 g/mol. The van der Waals surface area contributed by atoms with Gasteiger partial charge in [-0.25, -0.2) is 8.42 Å². The van der Waals surface area contributed by atoms with Crippen molar-refractivity contribution in [1.29, 1.82) is 0 Å². The number of halogens is 2. The van der Waals surface area contributed by atoms with E-state index in [1.54, 1.807) is 12.1 Å². The third kappa shape index (κ3) is 6.62. The fourth-order valence-corrected chi connectivity index (χ4v) is 2.99. The van der Waals surface area contributed by atoms with Crippen LogP contribution in [0.4, 0.5) is 0 Å². The molecule has 0 aliphatic carbocycles. The molecule has 126 valence electrons. The minimum atomic E-state index is -3.65. The van der Waals surface area contributed by atoms with Gasteiger partial charge in [0.1, 0.15) is 0 Å². The fourth-order valence-electron chi connectivity index (χ4n) is 1.60. The zero-order chi connectivity index (χ0) is 15.9. The standard InChI is InChI=1S/C13H20BrN3O3S.ClH/c1-3-15-8-9-16-13(18)10-17(2)21(19,20)12-6-4-11(14)5-7-12;/h4-7,15H,3,8-10H2,1-2H3,(H,16,18);1H. The summed E-state index contributed by atoms with van der Waals surface area (Å²) < 4.78 is 26.4. The van der Waals surface area contributed by atoms with Crippen LogP contribution in [0.3, 0.4) is 0 Å². The third-order valence-corrected chi connectivity index (χ3v) is 5.11. The Labute approximate surface area is 146 Å². The Bertz CT molecular complexity index is 566. The van der Waals surface area contributed by atoms with Crippen molar-refractivity contribution in [2.24, 2.45) is 0 Å². The number of nitrogens with zero attached hydrogens (tertiary/aromatic N) is 1. The fraction of sp³-hybridized carbons (Fsp3) is 0.462. The van der Waals surface area contributed by atoms with E-state index in [0.717, 1.165) is 15.3 Å². The summed E-state index contributed by atoms with van der Waals surface area (Å²) in [6.45, 7) is 3.73. The molecule has 0 saturated heterocycles. The average molecular weight is 415 g/mol. The Morgan fingerprint density at radius 1 is 1.23 bits per heavy atom. The van der Waals surface area contributed by atoms with Gasteiger partial charge in [-0.2, -0.15) is 4.31 Å². The van der Waals surface area contributed by atoms with Crippen LogP contribution < -0.4 is 10.6 Å². The van der Waals surface area contributed by atoms with E-state index < -0.39 is 10.0 Å². The van der Waals surface area contributed by atoms with Crippen LogP contribution in [0.2, 0.25) is 0 Å².